The van der Waals surface area contributed by atoms with Gasteiger partial charge in [0, 0.05) is 19.0 Å². The van der Waals surface area contributed by atoms with Crippen molar-refractivity contribution in [2.24, 2.45) is 5.10 Å². The summed E-state index contributed by atoms with van der Waals surface area (Å²) in [6.07, 6.45) is 6.29. The Kier molecular flexibility index (Phi) is 8.13. The molecule has 1 amide bonds. The summed E-state index contributed by atoms with van der Waals surface area (Å²) in [6, 6.07) is 13.7. The number of carboxylic acids is 1. The van der Waals surface area contributed by atoms with E-state index in [1.165, 1.54) is 33.7 Å². The standard InChI is InChI=1S/C29H29N3O5S2/c1-2-37-28(36)24(14-18-8-4-3-5-9-18)32-26(33)25(39-29(32)38)17-31-23(27(34)35)16-22(30-31)21-13-12-19-10-6-7-11-20(19)15-21/h3-5,8-9,12-13,15,17,23-24H,2,6-7,10-11,14,16H2,1H3,(H,34,35)/b25-17-/t23-,24+/m0/s1. The molecule has 3 aliphatic rings. The molecule has 0 spiro atoms. The van der Waals surface area contributed by atoms with E-state index in [-0.39, 0.29) is 28.7 Å². The van der Waals surface area contributed by atoms with E-state index in [0.29, 0.717) is 5.71 Å². The van der Waals surface area contributed by atoms with E-state index in [0.717, 1.165) is 42.2 Å². The van der Waals surface area contributed by atoms with Gasteiger partial charge in [-0.05, 0) is 60.9 Å². The number of benzene rings is 2. The Morgan fingerprint density at radius 2 is 1.92 bits per heavy atom. The molecule has 0 bridgehead atoms. The second-order valence-corrected chi connectivity index (χ2v) is 11.3. The van der Waals surface area contributed by atoms with Gasteiger partial charge in [0.25, 0.3) is 5.91 Å². The Morgan fingerprint density at radius 3 is 2.64 bits per heavy atom. The molecule has 39 heavy (non-hydrogen) atoms. The SMILES string of the molecule is CCOC(=O)[C@@H](Cc1ccccc1)N1C(=O)/C(=C/N2N=C(c3ccc4c(c3)CCCC4)C[C@H]2C(=O)O)SC1=S. The monoisotopic (exact) mass is 563 g/mol. The average molecular weight is 564 g/mol. The summed E-state index contributed by atoms with van der Waals surface area (Å²) in [5.74, 6) is -2.05. The Morgan fingerprint density at radius 1 is 1.18 bits per heavy atom. The maximum atomic E-state index is 13.6. The van der Waals surface area contributed by atoms with Crippen LogP contribution < -0.4 is 0 Å². The van der Waals surface area contributed by atoms with E-state index in [1.807, 2.05) is 36.4 Å². The summed E-state index contributed by atoms with van der Waals surface area (Å²) in [6.45, 7) is 1.88. The van der Waals surface area contributed by atoms with E-state index in [4.69, 9.17) is 17.0 Å². The fourth-order valence-electron chi connectivity index (χ4n) is 5.15. The van der Waals surface area contributed by atoms with Gasteiger partial charge in [0.2, 0.25) is 0 Å². The van der Waals surface area contributed by atoms with Gasteiger partial charge in [-0.1, -0.05) is 66.4 Å². The number of aliphatic carboxylic acids is 1. The molecule has 0 unspecified atom stereocenters. The first-order chi connectivity index (χ1) is 18.9. The summed E-state index contributed by atoms with van der Waals surface area (Å²) in [5.41, 5.74) is 5.05. The van der Waals surface area contributed by atoms with E-state index < -0.39 is 29.9 Å². The number of carbonyl (C=O) groups is 3. The van der Waals surface area contributed by atoms with Crippen molar-refractivity contribution in [1.29, 1.82) is 0 Å². The minimum absolute atomic E-state index is 0.170. The molecule has 8 nitrogen and oxygen atoms in total. The van der Waals surface area contributed by atoms with Crippen LogP contribution in [0.5, 0.6) is 0 Å². The van der Waals surface area contributed by atoms with Crippen molar-refractivity contribution in [3.8, 4) is 0 Å². The van der Waals surface area contributed by atoms with Gasteiger partial charge in [-0.15, -0.1) is 0 Å². The summed E-state index contributed by atoms with van der Waals surface area (Å²) in [7, 11) is 0. The summed E-state index contributed by atoms with van der Waals surface area (Å²) in [4.78, 5) is 40.1. The molecular weight excluding hydrogens is 534 g/mol. The predicted octanol–water partition coefficient (Wildman–Crippen LogP) is 4.30. The van der Waals surface area contributed by atoms with Crippen LogP contribution in [-0.2, 0) is 38.4 Å². The lowest BCUT2D eigenvalue weighted by atomic mass is 9.89. The second-order valence-electron chi connectivity index (χ2n) is 9.67. The first kappa shape index (κ1) is 27.1. The molecule has 202 valence electrons. The van der Waals surface area contributed by atoms with Gasteiger partial charge in [0.15, 0.2) is 6.04 Å². The lowest BCUT2D eigenvalue weighted by Gasteiger charge is -2.25. The zero-order valence-electron chi connectivity index (χ0n) is 21.5. The van der Waals surface area contributed by atoms with Crippen LogP contribution in [0.25, 0.3) is 0 Å². The molecule has 0 radical (unpaired) electrons. The maximum Gasteiger partial charge on any atom is 0.329 e. The third kappa shape index (κ3) is 5.77. The Hall–Kier alpha value is -3.50. The van der Waals surface area contributed by atoms with Gasteiger partial charge in [-0.3, -0.25) is 14.7 Å². The topological polar surface area (TPSA) is 99.5 Å². The zero-order chi connectivity index (χ0) is 27.5. The van der Waals surface area contributed by atoms with E-state index in [9.17, 15) is 19.5 Å². The van der Waals surface area contributed by atoms with Gasteiger partial charge in [0.05, 0.1) is 17.2 Å². The number of carbonyl (C=O) groups excluding carboxylic acids is 2. The van der Waals surface area contributed by atoms with Crippen LogP contribution in [0.1, 0.15) is 48.4 Å². The van der Waals surface area contributed by atoms with Crippen molar-refractivity contribution < 1.29 is 24.2 Å². The molecule has 2 atom stereocenters. The van der Waals surface area contributed by atoms with E-state index in [2.05, 4.69) is 17.2 Å². The van der Waals surface area contributed by atoms with Crippen LogP contribution >= 0.6 is 24.0 Å². The number of amides is 1. The third-order valence-corrected chi connectivity index (χ3v) is 8.44. The molecule has 2 aromatic rings. The van der Waals surface area contributed by atoms with Gasteiger partial charge < -0.3 is 9.84 Å². The molecule has 1 fully saturated rings. The smallest absolute Gasteiger partial charge is 0.329 e. The zero-order valence-corrected chi connectivity index (χ0v) is 23.2. The second kappa shape index (κ2) is 11.7. The van der Waals surface area contributed by atoms with Crippen LogP contribution in [0.4, 0.5) is 0 Å². The molecule has 2 heterocycles. The number of thiocarbonyl (C=S) groups is 1. The number of hydrazone groups is 1. The maximum absolute atomic E-state index is 13.6. The number of nitrogens with zero attached hydrogens (tertiary/aromatic N) is 3. The highest BCUT2D eigenvalue weighted by Crippen LogP contribution is 2.35. The van der Waals surface area contributed by atoms with Gasteiger partial charge in [-0.2, -0.15) is 5.10 Å². The number of fused-ring (bicyclic) bond motifs is 1. The molecule has 0 aromatic heterocycles. The molecule has 0 saturated carbocycles. The van der Waals surface area contributed by atoms with Gasteiger partial charge in [0.1, 0.15) is 10.4 Å². The minimum atomic E-state index is -1.04. The number of carboxylic acid groups (broad SMARTS) is 1. The molecule has 2 aromatic carbocycles. The van der Waals surface area contributed by atoms with Gasteiger partial charge >= 0.3 is 11.9 Å². The molecule has 1 N–H and O–H groups in total. The Labute approximate surface area is 236 Å². The number of ether oxygens (including phenoxy) is 1. The van der Waals surface area contributed by atoms with Crippen molar-refractivity contribution in [1.82, 2.24) is 9.91 Å². The van der Waals surface area contributed by atoms with Crippen molar-refractivity contribution in [3.05, 3.63) is 81.9 Å². The Balaban J connectivity index is 1.42. The molecule has 1 saturated heterocycles. The highest BCUT2D eigenvalue weighted by molar-refractivity contribution is 8.26. The molecule has 10 heteroatoms. The van der Waals surface area contributed by atoms with Crippen LogP contribution in [0, 0.1) is 0 Å². The third-order valence-electron chi connectivity index (χ3n) is 7.12. The van der Waals surface area contributed by atoms with Crippen molar-refractivity contribution in [2.75, 3.05) is 6.61 Å². The number of hydrogen-bond acceptors (Lipinski definition) is 8. The van der Waals surface area contributed by atoms with Crippen LogP contribution in [0.2, 0.25) is 0 Å². The molecule has 2 aliphatic heterocycles. The number of rotatable bonds is 8. The number of hydrogen-bond donors (Lipinski definition) is 1. The lowest BCUT2D eigenvalue weighted by molar-refractivity contribution is -0.150. The quantitative estimate of drug-likeness (QED) is 0.288. The first-order valence-electron chi connectivity index (χ1n) is 13.0. The van der Waals surface area contributed by atoms with E-state index >= 15 is 0 Å². The van der Waals surface area contributed by atoms with Crippen LogP contribution in [0.15, 0.2) is 64.7 Å². The van der Waals surface area contributed by atoms with Gasteiger partial charge in [-0.25, -0.2) is 9.59 Å². The Bertz CT molecular complexity index is 1370. The molecule has 1 aliphatic carbocycles. The molecular formula is C29H29N3O5S2. The molecule has 5 rings (SSSR count). The normalized spacial score (nSPS) is 20.7. The summed E-state index contributed by atoms with van der Waals surface area (Å²) >= 11 is 6.55. The summed E-state index contributed by atoms with van der Waals surface area (Å²) < 4.78 is 5.49. The first-order valence-corrected chi connectivity index (χ1v) is 14.3. The van der Waals surface area contributed by atoms with Crippen molar-refractivity contribution >= 4 is 51.9 Å². The lowest BCUT2D eigenvalue weighted by Crippen LogP contribution is -2.46. The van der Waals surface area contributed by atoms with E-state index in [1.54, 1.807) is 6.92 Å². The highest BCUT2D eigenvalue weighted by atomic mass is 32.2. The van der Waals surface area contributed by atoms with Crippen molar-refractivity contribution in [2.45, 2.75) is 57.5 Å². The average Bonchev–Trinajstić information content (AvgIpc) is 3.48. The number of thioether (sulfide) groups is 1. The number of aryl methyl sites for hydroxylation is 2. The fourth-order valence-corrected chi connectivity index (χ4v) is 6.47. The minimum Gasteiger partial charge on any atom is -0.480 e. The number of esters is 1. The highest BCUT2D eigenvalue weighted by Gasteiger charge is 2.42. The van der Waals surface area contributed by atoms with Crippen LogP contribution in [0.3, 0.4) is 0 Å². The van der Waals surface area contributed by atoms with Crippen LogP contribution in [-0.4, -0.2) is 61.6 Å². The largest absolute Gasteiger partial charge is 0.480 e. The fraction of sp³-hybridized carbons (Fsp3) is 0.345. The van der Waals surface area contributed by atoms with Crippen molar-refractivity contribution in [3.63, 3.8) is 0 Å². The summed E-state index contributed by atoms with van der Waals surface area (Å²) in [5, 5.41) is 15.9. The predicted molar refractivity (Wildman–Crippen MR) is 153 cm³/mol.